The van der Waals surface area contributed by atoms with Crippen LogP contribution in [-0.2, 0) is 28.7 Å². The third kappa shape index (κ3) is 3.95. The Hall–Kier alpha value is -2.18. The molecule has 7 nitrogen and oxygen atoms in total. The number of hydrogen-bond acceptors (Lipinski definition) is 6. The lowest BCUT2D eigenvalue weighted by atomic mass is 9.33. The van der Waals surface area contributed by atoms with Gasteiger partial charge in [0.2, 0.25) is 0 Å². The Morgan fingerprint density at radius 2 is 1.61 bits per heavy atom. The molecule has 0 radical (unpaired) electrons. The maximum Gasteiger partial charge on any atom is 0.417 e. The molecule has 11 atom stereocenters. The van der Waals surface area contributed by atoms with Crippen molar-refractivity contribution >= 4 is 23.7 Å². The van der Waals surface area contributed by atoms with Crippen LogP contribution < -0.4 is 0 Å². The molecule has 0 aromatic rings. The van der Waals surface area contributed by atoms with Gasteiger partial charge in [-0.05, 0) is 117 Å². The van der Waals surface area contributed by atoms with E-state index in [1.54, 1.807) is 13.8 Å². The van der Waals surface area contributed by atoms with Crippen LogP contribution in [0.15, 0.2) is 11.6 Å². The van der Waals surface area contributed by atoms with Crippen LogP contribution >= 0.6 is 0 Å². The summed E-state index contributed by atoms with van der Waals surface area (Å²) in [7, 11) is 0. The van der Waals surface area contributed by atoms with Gasteiger partial charge in [-0.25, -0.2) is 9.59 Å². The van der Waals surface area contributed by atoms with Crippen molar-refractivity contribution in [2.75, 3.05) is 6.61 Å². The fourth-order valence-electron chi connectivity index (χ4n) is 11.2. The number of carbonyl (C=O) groups excluding carboxylic acids is 3. The van der Waals surface area contributed by atoms with Crippen molar-refractivity contribution < 1.29 is 33.8 Å². The fraction of sp³-hybridized carbons (Fsp3) is 0.824. The number of ether oxygens (including phenoxy) is 2. The van der Waals surface area contributed by atoms with Crippen LogP contribution in [0.25, 0.3) is 0 Å². The van der Waals surface area contributed by atoms with Gasteiger partial charge in [0.15, 0.2) is 5.78 Å². The van der Waals surface area contributed by atoms with E-state index in [4.69, 9.17) is 9.47 Å². The molecular weight excluding hydrogens is 520 g/mol. The monoisotopic (exact) mass is 570 g/mol. The van der Waals surface area contributed by atoms with Crippen molar-refractivity contribution in [3.63, 3.8) is 0 Å². The quantitative estimate of drug-likeness (QED) is 0.310. The molecule has 7 heteroatoms. The third-order valence-corrected chi connectivity index (χ3v) is 13.9. The van der Waals surface area contributed by atoms with E-state index in [1.807, 2.05) is 6.08 Å². The molecule has 0 heterocycles. The first-order valence-corrected chi connectivity index (χ1v) is 15.9. The molecule has 5 aliphatic carbocycles. The summed E-state index contributed by atoms with van der Waals surface area (Å²) in [4.78, 5) is 52.1. The van der Waals surface area contributed by atoms with E-state index in [0.29, 0.717) is 30.6 Å². The van der Waals surface area contributed by atoms with Crippen LogP contribution in [0.3, 0.4) is 0 Å². The minimum absolute atomic E-state index is 0.0316. The molecule has 0 bridgehead atoms. The van der Waals surface area contributed by atoms with Crippen LogP contribution in [0.4, 0.5) is 0 Å². The van der Waals surface area contributed by atoms with Crippen LogP contribution in [0.5, 0.6) is 0 Å². The maximum absolute atomic E-state index is 14.5. The van der Waals surface area contributed by atoms with E-state index < -0.39 is 34.8 Å². The minimum Gasteiger partial charge on any atom is -0.481 e. The molecule has 5 rings (SSSR count). The van der Waals surface area contributed by atoms with E-state index in [1.165, 1.54) is 18.4 Å². The summed E-state index contributed by atoms with van der Waals surface area (Å²) in [6.45, 7) is 17.3. The molecule has 0 aliphatic heterocycles. The Morgan fingerprint density at radius 3 is 2.24 bits per heavy atom. The summed E-state index contributed by atoms with van der Waals surface area (Å²) in [6.07, 6.45) is 7.89. The Bertz CT molecular complexity index is 1190. The van der Waals surface area contributed by atoms with Crippen LogP contribution in [0.1, 0.15) is 107 Å². The third-order valence-electron chi connectivity index (χ3n) is 13.9. The average Bonchev–Trinajstić information content (AvgIpc) is 2.89. The van der Waals surface area contributed by atoms with Gasteiger partial charge in [-0.2, -0.15) is 0 Å². The molecule has 1 N–H and O–H groups in total. The number of allylic oxidation sites excluding steroid dienone is 2. The van der Waals surface area contributed by atoms with Crippen molar-refractivity contribution in [2.45, 2.75) is 113 Å². The lowest BCUT2D eigenvalue weighted by Gasteiger charge is -2.70. The van der Waals surface area contributed by atoms with E-state index in [9.17, 15) is 24.3 Å². The molecule has 4 saturated carbocycles. The minimum atomic E-state index is -1.43. The normalized spacial score (nSPS) is 48.9. The maximum atomic E-state index is 14.5. The number of hydrogen-bond donors (Lipinski definition) is 1. The Kier molecular flexibility index (Phi) is 7.14. The van der Waals surface area contributed by atoms with Gasteiger partial charge in [0, 0.05) is 5.92 Å². The topological polar surface area (TPSA) is 107 Å². The van der Waals surface area contributed by atoms with Crippen LogP contribution in [0, 0.1) is 56.7 Å². The molecule has 0 aromatic carbocycles. The Balaban J connectivity index is 1.55. The predicted octanol–water partition coefficient (Wildman–Crippen LogP) is 6.38. The Morgan fingerprint density at radius 1 is 0.927 bits per heavy atom. The molecular formula is C34H50O7. The summed E-state index contributed by atoms with van der Waals surface area (Å²) in [5.74, 6) is -2.34. The van der Waals surface area contributed by atoms with E-state index in [2.05, 4.69) is 41.5 Å². The van der Waals surface area contributed by atoms with Gasteiger partial charge in [0.05, 0.1) is 6.61 Å². The second-order valence-corrected chi connectivity index (χ2v) is 15.5. The molecule has 0 saturated heterocycles. The van der Waals surface area contributed by atoms with Gasteiger partial charge in [0.25, 0.3) is 0 Å². The molecule has 228 valence electrons. The van der Waals surface area contributed by atoms with E-state index >= 15 is 0 Å². The van der Waals surface area contributed by atoms with Gasteiger partial charge in [-0.3, -0.25) is 9.59 Å². The predicted molar refractivity (Wildman–Crippen MR) is 154 cm³/mol. The lowest BCUT2D eigenvalue weighted by molar-refractivity contribution is -0.222. The first kappa shape index (κ1) is 30.3. The summed E-state index contributed by atoms with van der Waals surface area (Å²) in [5.41, 5.74) is -0.878. The first-order valence-electron chi connectivity index (χ1n) is 15.9. The molecule has 0 amide bonds. The largest absolute Gasteiger partial charge is 0.481 e. The average molecular weight is 571 g/mol. The van der Waals surface area contributed by atoms with E-state index in [-0.39, 0.29) is 46.9 Å². The fourth-order valence-corrected chi connectivity index (χ4v) is 11.2. The number of fused-ring (bicyclic) bond motifs is 7. The van der Waals surface area contributed by atoms with Crippen LogP contribution in [-0.4, -0.2) is 41.5 Å². The molecule has 4 fully saturated rings. The van der Waals surface area contributed by atoms with Crippen molar-refractivity contribution in [1.29, 1.82) is 0 Å². The number of esters is 2. The number of aliphatic carboxylic acids is 1. The highest BCUT2D eigenvalue weighted by molar-refractivity contribution is 6.29. The SMILES string of the molecule is CCOC(=O)C(=O)O[C@@H]1CC[C@@]2(C)[C@@H](CC[C@]3(C)[C@@H]2C(=O)C=C2[C@@H]4[C@@H](C)[C@H](C)CC[C@]4(C)CC[C@]23C)[C@@]1(C)C(=O)O. The van der Waals surface area contributed by atoms with Crippen molar-refractivity contribution in [2.24, 2.45) is 56.7 Å². The second kappa shape index (κ2) is 9.67. The van der Waals surface area contributed by atoms with E-state index in [0.717, 1.165) is 19.3 Å². The van der Waals surface area contributed by atoms with Gasteiger partial charge in [-0.1, -0.05) is 47.1 Å². The van der Waals surface area contributed by atoms with Crippen LogP contribution in [0.2, 0.25) is 0 Å². The van der Waals surface area contributed by atoms with Crippen molar-refractivity contribution in [1.82, 2.24) is 0 Å². The highest BCUT2D eigenvalue weighted by Crippen LogP contribution is 2.75. The summed E-state index contributed by atoms with van der Waals surface area (Å²) in [6, 6.07) is 0. The number of carboxylic acid groups (broad SMARTS) is 1. The molecule has 0 spiro atoms. The highest BCUT2D eigenvalue weighted by Gasteiger charge is 2.72. The standard InChI is InChI=1S/C34H50O7/c1-9-40-27(36)28(37)41-24-12-14-31(5)23(34(24,8)29(38)39)11-15-33(7)26(31)22(35)18-21-25-20(3)19(2)10-13-30(25,4)16-17-32(21,33)6/h18-20,23-26H,9-17H2,1-8H3,(H,38,39)/t19-,20+,23-,24-,25+,26-,30-,31+,32-,33-,34-/m1/s1. The zero-order valence-corrected chi connectivity index (χ0v) is 26.3. The second-order valence-electron chi connectivity index (χ2n) is 15.5. The smallest absolute Gasteiger partial charge is 0.417 e. The summed E-state index contributed by atoms with van der Waals surface area (Å²) >= 11 is 0. The molecule has 0 unspecified atom stereocenters. The molecule has 5 aliphatic rings. The van der Waals surface area contributed by atoms with Gasteiger partial charge >= 0.3 is 17.9 Å². The molecule has 41 heavy (non-hydrogen) atoms. The van der Waals surface area contributed by atoms with Gasteiger partial charge in [0.1, 0.15) is 11.5 Å². The van der Waals surface area contributed by atoms with Crippen molar-refractivity contribution in [3.8, 4) is 0 Å². The summed E-state index contributed by atoms with van der Waals surface area (Å²) in [5, 5.41) is 10.6. The Labute approximate surface area is 245 Å². The number of rotatable bonds is 3. The zero-order valence-electron chi connectivity index (χ0n) is 26.3. The van der Waals surface area contributed by atoms with Gasteiger partial charge in [-0.15, -0.1) is 0 Å². The zero-order chi connectivity index (χ0) is 30.3. The number of ketones is 1. The van der Waals surface area contributed by atoms with Crippen molar-refractivity contribution in [3.05, 3.63) is 11.6 Å². The van der Waals surface area contributed by atoms with Gasteiger partial charge < -0.3 is 14.6 Å². The number of carbonyl (C=O) groups is 4. The lowest BCUT2D eigenvalue weighted by Crippen LogP contribution is -2.68. The highest BCUT2D eigenvalue weighted by atomic mass is 16.6. The first-order chi connectivity index (χ1) is 19.0. The number of carboxylic acids is 1. The summed E-state index contributed by atoms with van der Waals surface area (Å²) < 4.78 is 10.4. The molecule has 0 aromatic heterocycles.